The van der Waals surface area contributed by atoms with Crippen molar-refractivity contribution >= 4 is 17.8 Å². The van der Waals surface area contributed by atoms with Gasteiger partial charge < -0.3 is 10.2 Å². The van der Waals surface area contributed by atoms with Crippen LogP contribution >= 0.6 is 0 Å². The van der Waals surface area contributed by atoms with Gasteiger partial charge in [-0.1, -0.05) is 39.5 Å². The molecule has 0 bridgehead atoms. The van der Waals surface area contributed by atoms with E-state index in [9.17, 15) is 14.4 Å². The lowest BCUT2D eigenvalue weighted by atomic mass is 10.0. The molecule has 1 N–H and O–H groups in total. The average molecular weight is 337 g/mol. The predicted octanol–water partition coefficient (Wildman–Crippen LogP) is 2.52. The summed E-state index contributed by atoms with van der Waals surface area (Å²) in [4.78, 5) is 39.4. The Labute approximate surface area is 144 Å². The predicted molar refractivity (Wildman–Crippen MR) is 92.4 cm³/mol. The van der Waals surface area contributed by atoms with Crippen molar-refractivity contribution in [3.8, 4) is 0 Å². The van der Waals surface area contributed by atoms with Crippen molar-refractivity contribution in [2.45, 2.75) is 77.8 Å². The van der Waals surface area contributed by atoms with E-state index in [1.54, 1.807) is 4.90 Å². The highest BCUT2D eigenvalue weighted by Crippen LogP contribution is 2.26. The van der Waals surface area contributed by atoms with Crippen LogP contribution in [0.15, 0.2) is 0 Å². The van der Waals surface area contributed by atoms with Gasteiger partial charge in [-0.2, -0.15) is 0 Å². The zero-order chi connectivity index (χ0) is 17.7. The molecular weight excluding hydrogens is 306 g/mol. The van der Waals surface area contributed by atoms with Crippen molar-refractivity contribution in [1.29, 1.82) is 0 Å². The maximum absolute atomic E-state index is 12.4. The second-order valence-corrected chi connectivity index (χ2v) is 7.62. The van der Waals surface area contributed by atoms with Crippen LogP contribution in [0.1, 0.15) is 65.7 Å². The van der Waals surface area contributed by atoms with Crippen LogP contribution < -0.4 is 5.32 Å². The number of hydrogen-bond acceptors (Lipinski definition) is 3. The number of carbonyl (C=O) groups excluding carboxylic acids is 3. The lowest BCUT2D eigenvalue weighted by molar-refractivity contribution is -0.131. The summed E-state index contributed by atoms with van der Waals surface area (Å²) in [6.07, 6.45) is 7.27. The fraction of sp³-hybridized carbons (Fsp3) is 0.833. The smallest absolute Gasteiger partial charge is 0.327 e. The van der Waals surface area contributed by atoms with E-state index in [1.807, 2.05) is 6.92 Å². The van der Waals surface area contributed by atoms with Crippen molar-refractivity contribution in [1.82, 2.24) is 15.1 Å². The van der Waals surface area contributed by atoms with Crippen LogP contribution in [0.2, 0.25) is 0 Å². The summed E-state index contributed by atoms with van der Waals surface area (Å²) in [5.74, 6) is 0.158. The maximum atomic E-state index is 12.4. The summed E-state index contributed by atoms with van der Waals surface area (Å²) in [6.45, 7) is 6.31. The molecule has 2 aliphatic rings. The molecule has 0 aromatic rings. The molecule has 1 atom stereocenters. The molecule has 136 valence electrons. The van der Waals surface area contributed by atoms with Crippen molar-refractivity contribution in [3.63, 3.8) is 0 Å². The van der Waals surface area contributed by atoms with Gasteiger partial charge in [-0.25, -0.2) is 4.79 Å². The van der Waals surface area contributed by atoms with E-state index in [0.717, 1.165) is 49.8 Å². The molecule has 4 amide bonds. The number of rotatable bonds is 8. The number of nitrogens with one attached hydrogen (secondary N) is 1. The van der Waals surface area contributed by atoms with Crippen LogP contribution in [0.3, 0.4) is 0 Å². The second kappa shape index (κ2) is 8.49. The molecule has 2 fully saturated rings. The molecule has 1 aliphatic heterocycles. The van der Waals surface area contributed by atoms with Gasteiger partial charge in [0.15, 0.2) is 0 Å². The zero-order valence-corrected chi connectivity index (χ0v) is 15.2. The summed E-state index contributed by atoms with van der Waals surface area (Å²) in [5.41, 5.74) is 0. The molecular formula is C18H31N3O3. The number of imide groups is 1. The van der Waals surface area contributed by atoms with Crippen LogP contribution in [-0.2, 0) is 9.59 Å². The van der Waals surface area contributed by atoms with Crippen LogP contribution in [0, 0.1) is 5.92 Å². The summed E-state index contributed by atoms with van der Waals surface area (Å²) in [7, 11) is 0. The normalized spacial score (nSPS) is 20.3. The van der Waals surface area contributed by atoms with Gasteiger partial charge in [0.2, 0.25) is 5.91 Å². The maximum Gasteiger partial charge on any atom is 0.327 e. The Bertz CT molecular complexity index is 472. The third-order valence-corrected chi connectivity index (χ3v) is 4.98. The highest BCUT2D eigenvalue weighted by Gasteiger charge is 2.41. The minimum atomic E-state index is -0.297. The molecule has 1 heterocycles. The Morgan fingerprint density at radius 3 is 2.46 bits per heavy atom. The molecule has 1 saturated carbocycles. The van der Waals surface area contributed by atoms with Crippen molar-refractivity contribution in [2.75, 3.05) is 13.1 Å². The van der Waals surface area contributed by atoms with Gasteiger partial charge in [0.05, 0.1) is 0 Å². The van der Waals surface area contributed by atoms with Gasteiger partial charge in [0.1, 0.15) is 13.1 Å². The molecule has 2 rings (SSSR count). The third kappa shape index (κ3) is 4.95. The van der Waals surface area contributed by atoms with Crippen LogP contribution in [0.25, 0.3) is 0 Å². The van der Waals surface area contributed by atoms with E-state index >= 15 is 0 Å². The van der Waals surface area contributed by atoms with Crippen molar-refractivity contribution < 1.29 is 14.4 Å². The van der Waals surface area contributed by atoms with E-state index in [1.165, 1.54) is 0 Å². The number of carbonyl (C=O) groups is 3. The minimum Gasteiger partial charge on any atom is -0.352 e. The average Bonchev–Trinajstić information content (AvgIpc) is 3.10. The standard InChI is InChI=1S/C18H31N3O3/c1-13(2)7-6-8-14(3)19-16(22)11-21-17(23)12-20(18(21)24)15-9-4-5-10-15/h13-15H,4-12H2,1-3H3,(H,19,22). The van der Waals surface area contributed by atoms with Crippen LogP contribution in [-0.4, -0.2) is 52.8 Å². The van der Waals surface area contributed by atoms with Gasteiger partial charge in [0, 0.05) is 12.1 Å². The highest BCUT2D eigenvalue weighted by molar-refractivity contribution is 6.04. The quantitative estimate of drug-likeness (QED) is 0.692. The van der Waals surface area contributed by atoms with E-state index in [-0.39, 0.29) is 43.0 Å². The first-order valence-electron chi connectivity index (χ1n) is 9.28. The van der Waals surface area contributed by atoms with Gasteiger partial charge in [-0.15, -0.1) is 0 Å². The molecule has 0 aromatic heterocycles. The van der Waals surface area contributed by atoms with Crippen molar-refractivity contribution in [3.05, 3.63) is 0 Å². The Kier molecular flexibility index (Phi) is 6.63. The summed E-state index contributed by atoms with van der Waals surface area (Å²) in [6, 6.07) is -0.0611. The van der Waals surface area contributed by atoms with E-state index in [2.05, 4.69) is 19.2 Å². The fourth-order valence-corrected chi connectivity index (χ4v) is 3.59. The van der Waals surface area contributed by atoms with E-state index in [0.29, 0.717) is 5.92 Å². The Morgan fingerprint density at radius 2 is 1.83 bits per heavy atom. The Morgan fingerprint density at radius 1 is 1.17 bits per heavy atom. The SMILES string of the molecule is CC(C)CCCC(C)NC(=O)CN1C(=O)CN(C2CCCC2)C1=O. The molecule has 1 saturated heterocycles. The minimum absolute atomic E-state index is 0.0648. The van der Waals surface area contributed by atoms with Crippen LogP contribution in [0.4, 0.5) is 4.79 Å². The third-order valence-electron chi connectivity index (χ3n) is 4.98. The van der Waals surface area contributed by atoms with Crippen LogP contribution in [0.5, 0.6) is 0 Å². The van der Waals surface area contributed by atoms with Gasteiger partial charge >= 0.3 is 6.03 Å². The topological polar surface area (TPSA) is 69.7 Å². The van der Waals surface area contributed by atoms with E-state index < -0.39 is 0 Å². The molecule has 1 unspecified atom stereocenters. The van der Waals surface area contributed by atoms with Crippen molar-refractivity contribution in [2.24, 2.45) is 5.92 Å². The van der Waals surface area contributed by atoms with Gasteiger partial charge in [-0.05, 0) is 32.1 Å². The molecule has 24 heavy (non-hydrogen) atoms. The largest absolute Gasteiger partial charge is 0.352 e. The highest BCUT2D eigenvalue weighted by atomic mass is 16.2. The first-order chi connectivity index (χ1) is 11.4. The first kappa shape index (κ1) is 18.7. The number of urea groups is 1. The second-order valence-electron chi connectivity index (χ2n) is 7.62. The summed E-state index contributed by atoms with van der Waals surface area (Å²) in [5, 5.41) is 2.90. The number of nitrogens with zero attached hydrogens (tertiary/aromatic N) is 2. The lowest BCUT2D eigenvalue weighted by Gasteiger charge is -2.23. The zero-order valence-electron chi connectivity index (χ0n) is 15.2. The Balaban J connectivity index is 1.78. The molecule has 0 spiro atoms. The molecule has 1 aliphatic carbocycles. The fourth-order valence-electron chi connectivity index (χ4n) is 3.59. The molecule has 6 heteroatoms. The first-order valence-corrected chi connectivity index (χ1v) is 9.28. The summed E-state index contributed by atoms with van der Waals surface area (Å²) < 4.78 is 0. The number of amides is 4. The Hall–Kier alpha value is -1.59. The monoisotopic (exact) mass is 337 g/mol. The summed E-state index contributed by atoms with van der Waals surface area (Å²) >= 11 is 0. The molecule has 0 radical (unpaired) electrons. The molecule has 0 aromatic carbocycles. The van der Waals surface area contributed by atoms with E-state index in [4.69, 9.17) is 0 Å². The lowest BCUT2D eigenvalue weighted by Crippen LogP contribution is -2.44. The number of hydrogen-bond donors (Lipinski definition) is 1. The van der Waals surface area contributed by atoms with Gasteiger partial charge in [0.25, 0.3) is 5.91 Å². The van der Waals surface area contributed by atoms with Gasteiger partial charge in [-0.3, -0.25) is 14.5 Å². The molecule has 6 nitrogen and oxygen atoms in total.